The quantitative estimate of drug-likeness (QED) is 0.844. The maximum absolute atomic E-state index is 12.1. The number of benzene rings is 1. The van der Waals surface area contributed by atoms with Crippen molar-refractivity contribution in [2.75, 3.05) is 11.9 Å². The van der Waals surface area contributed by atoms with Crippen LogP contribution in [0.5, 0.6) is 5.75 Å². The Morgan fingerprint density at radius 1 is 1.43 bits per heavy atom. The molecule has 3 N–H and O–H groups in total. The van der Waals surface area contributed by atoms with Crippen molar-refractivity contribution >= 4 is 11.6 Å². The first-order valence-electron chi connectivity index (χ1n) is 7.55. The van der Waals surface area contributed by atoms with Gasteiger partial charge in [-0.1, -0.05) is 6.92 Å². The zero-order valence-corrected chi connectivity index (χ0v) is 12.7. The van der Waals surface area contributed by atoms with E-state index in [0.717, 1.165) is 30.7 Å². The summed E-state index contributed by atoms with van der Waals surface area (Å²) in [5, 5.41) is 2.86. The Bertz CT molecular complexity index is 461. The van der Waals surface area contributed by atoms with E-state index >= 15 is 0 Å². The van der Waals surface area contributed by atoms with Crippen LogP contribution in [0.2, 0.25) is 0 Å². The lowest BCUT2D eigenvalue weighted by atomic mass is 10.2. The topological polar surface area (TPSA) is 73.6 Å². The lowest BCUT2D eigenvalue weighted by Gasteiger charge is -2.14. The Balaban J connectivity index is 1.87. The monoisotopic (exact) mass is 292 g/mol. The summed E-state index contributed by atoms with van der Waals surface area (Å²) >= 11 is 0. The molecule has 1 saturated heterocycles. The minimum absolute atomic E-state index is 0.00653. The number of nitrogens with two attached hydrogens (primary N) is 1. The van der Waals surface area contributed by atoms with E-state index in [1.54, 1.807) is 0 Å². The van der Waals surface area contributed by atoms with E-state index in [1.807, 2.05) is 31.2 Å². The fourth-order valence-electron chi connectivity index (χ4n) is 2.23. The van der Waals surface area contributed by atoms with Gasteiger partial charge in [-0.05, 0) is 50.5 Å². The molecule has 1 aromatic carbocycles. The van der Waals surface area contributed by atoms with Crippen LogP contribution in [0.1, 0.15) is 33.1 Å². The molecule has 0 bridgehead atoms. The zero-order valence-electron chi connectivity index (χ0n) is 12.7. The first-order chi connectivity index (χ1) is 10.1. The van der Waals surface area contributed by atoms with Crippen molar-refractivity contribution in [2.45, 2.75) is 51.4 Å². The third-order valence-electron chi connectivity index (χ3n) is 3.70. The lowest BCUT2D eigenvalue weighted by Crippen LogP contribution is -2.29. The smallest absolute Gasteiger partial charge is 0.253 e. The van der Waals surface area contributed by atoms with Crippen LogP contribution < -0.4 is 15.8 Å². The van der Waals surface area contributed by atoms with Crippen LogP contribution in [0.15, 0.2) is 24.3 Å². The van der Waals surface area contributed by atoms with Crippen LogP contribution in [-0.4, -0.2) is 30.8 Å². The molecular weight excluding hydrogens is 268 g/mol. The Morgan fingerprint density at radius 3 is 2.71 bits per heavy atom. The van der Waals surface area contributed by atoms with Gasteiger partial charge in [-0.25, -0.2) is 0 Å². The van der Waals surface area contributed by atoms with Crippen molar-refractivity contribution in [2.24, 2.45) is 5.73 Å². The van der Waals surface area contributed by atoms with Gasteiger partial charge in [-0.2, -0.15) is 0 Å². The molecule has 1 aromatic rings. The Hall–Kier alpha value is -1.59. The highest BCUT2D eigenvalue weighted by Crippen LogP contribution is 2.22. The van der Waals surface area contributed by atoms with Gasteiger partial charge in [0.15, 0.2) is 0 Å². The number of hydrogen-bond donors (Lipinski definition) is 2. The molecular formula is C16H24N2O3. The summed E-state index contributed by atoms with van der Waals surface area (Å²) in [5.74, 6) is 0.698. The third-order valence-corrected chi connectivity index (χ3v) is 3.70. The summed E-state index contributed by atoms with van der Waals surface area (Å²) in [5.41, 5.74) is 6.29. The minimum Gasteiger partial charge on any atom is -0.491 e. The van der Waals surface area contributed by atoms with Gasteiger partial charge < -0.3 is 20.5 Å². The molecule has 1 aliphatic heterocycles. The van der Waals surface area contributed by atoms with Crippen LogP contribution in [0.4, 0.5) is 5.69 Å². The van der Waals surface area contributed by atoms with Crippen LogP contribution in [0, 0.1) is 0 Å². The fraction of sp³-hybridized carbons (Fsp3) is 0.562. The van der Waals surface area contributed by atoms with Crippen LogP contribution >= 0.6 is 0 Å². The summed E-state index contributed by atoms with van der Waals surface area (Å²) in [7, 11) is 0. The second kappa shape index (κ2) is 7.43. The molecule has 0 radical (unpaired) electrons. The number of rotatable bonds is 6. The van der Waals surface area contributed by atoms with Crippen molar-refractivity contribution < 1.29 is 14.3 Å². The number of carbonyl (C=O) groups excluding carboxylic acids is 1. The number of ether oxygens (including phenoxy) is 2. The summed E-state index contributed by atoms with van der Waals surface area (Å²) in [4.78, 5) is 12.1. The van der Waals surface area contributed by atoms with Gasteiger partial charge in [-0.15, -0.1) is 0 Å². The van der Waals surface area contributed by atoms with Crippen LogP contribution in [0.25, 0.3) is 0 Å². The molecule has 21 heavy (non-hydrogen) atoms. The molecule has 5 nitrogen and oxygen atoms in total. The van der Waals surface area contributed by atoms with E-state index in [-0.39, 0.29) is 18.1 Å². The first kappa shape index (κ1) is 15.8. The molecule has 1 amide bonds. The van der Waals surface area contributed by atoms with Gasteiger partial charge in [0.05, 0.1) is 12.2 Å². The molecule has 1 aliphatic rings. The molecule has 3 atom stereocenters. The summed E-state index contributed by atoms with van der Waals surface area (Å²) in [6, 6.07) is 7.40. The van der Waals surface area contributed by atoms with Gasteiger partial charge >= 0.3 is 0 Å². The lowest BCUT2D eigenvalue weighted by molar-refractivity contribution is -0.126. The summed E-state index contributed by atoms with van der Waals surface area (Å²) in [6.07, 6.45) is 2.33. The Labute approximate surface area is 125 Å². The molecule has 0 aromatic heterocycles. The summed E-state index contributed by atoms with van der Waals surface area (Å²) < 4.78 is 11.3. The number of anilines is 1. The van der Waals surface area contributed by atoms with Crippen molar-refractivity contribution in [3.05, 3.63) is 24.3 Å². The maximum atomic E-state index is 12.1. The van der Waals surface area contributed by atoms with E-state index in [9.17, 15) is 4.79 Å². The van der Waals surface area contributed by atoms with E-state index < -0.39 is 6.10 Å². The molecule has 116 valence electrons. The Morgan fingerprint density at radius 2 is 2.14 bits per heavy atom. The number of carbonyl (C=O) groups is 1. The molecule has 0 aliphatic carbocycles. The zero-order chi connectivity index (χ0) is 15.2. The molecule has 5 heteroatoms. The first-order valence-corrected chi connectivity index (χ1v) is 7.55. The highest BCUT2D eigenvalue weighted by molar-refractivity contribution is 5.94. The number of nitrogens with one attached hydrogen (secondary N) is 1. The van der Waals surface area contributed by atoms with Crippen molar-refractivity contribution in [1.82, 2.24) is 0 Å². The maximum Gasteiger partial charge on any atom is 0.253 e. The fourth-order valence-corrected chi connectivity index (χ4v) is 2.23. The average Bonchev–Trinajstić information content (AvgIpc) is 2.98. The van der Waals surface area contributed by atoms with Gasteiger partial charge in [0.2, 0.25) is 0 Å². The Kier molecular flexibility index (Phi) is 5.59. The van der Waals surface area contributed by atoms with E-state index in [0.29, 0.717) is 6.54 Å². The number of hydrogen-bond acceptors (Lipinski definition) is 4. The molecule has 1 fully saturated rings. The average molecular weight is 292 g/mol. The van der Waals surface area contributed by atoms with Crippen molar-refractivity contribution in [3.63, 3.8) is 0 Å². The van der Waals surface area contributed by atoms with Gasteiger partial charge in [0.25, 0.3) is 5.91 Å². The minimum atomic E-state index is -0.394. The van der Waals surface area contributed by atoms with E-state index in [2.05, 4.69) is 12.2 Å². The molecule has 0 saturated carbocycles. The number of amides is 1. The molecule has 0 spiro atoms. The SMILES string of the molecule is CCC(C)Oc1ccc(NC(=O)[C@@H]2CC[C@H](CN)O2)cc1. The molecule has 2 rings (SSSR count). The molecule has 1 heterocycles. The highest BCUT2D eigenvalue weighted by Gasteiger charge is 2.29. The van der Waals surface area contributed by atoms with E-state index in [4.69, 9.17) is 15.2 Å². The second-order valence-corrected chi connectivity index (χ2v) is 5.41. The third kappa shape index (κ3) is 4.44. The van der Waals surface area contributed by atoms with Gasteiger partial charge in [0, 0.05) is 12.2 Å². The standard InChI is InChI=1S/C16H24N2O3/c1-3-11(2)20-13-6-4-12(5-7-13)18-16(19)15-9-8-14(10-17)21-15/h4-7,11,14-15H,3,8-10,17H2,1-2H3,(H,18,19)/t11?,14-,15+/m1/s1. The predicted molar refractivity (Wildman–Crippen MR) is 82.4 cm³/mol. The van der Waals surface area contributed by atoms with Gasteiger partial charge in [-0.3, -0.25) is 4.79 Å². The second-order valence-electron chi connectivity index (χ2n) is 5.41. The predicted octanol–water partition coefficient (Wildman–Crippen LogP) is 2.31. The van der Waals surface area contributed by atoms with Crippen molar-refractivity contribution in [1.29, 1.82) is 0 Å². The largest absolute Gasteiger partial charge is 0.491 e. The van der Waals surface area contributed by atoms with Crippen LogP contribution in [0.3, 0.4) is 0 Å². The highest BCUT2D eigenvalue weighted by atomic mass is 16.5. The van der Waals surface area contributed by atoms with Crippen molar-refractivity contribution in [3.8, 4) is 5.75 Å². The van der Waals surface area contributed by atoms with Crippen LogP contribution in [-0.2, 0) is 9.53 Å². The van der Waals surface area contributed by atoms with Gasteiger partial charge in [0.1, 0.15) is 11.9 Å². The normalized spacial score (nSPS) is 22.8. The van der Waals surface area contributed by atoms with E-state index in [1.165, 1.54) is 0 Å². The molecule has 1 unspecified atom stereocenters. The summed E-state index contributed by atoms with van der Waals surface area (Å²) in [6.45, 7) is 4.57.